The highest BCUT2D eigenvalue weighted by molar-refractivity contribution is 6.42. The van der Waals surface area contributed by atoms with Crippen LogP contribution in [0.3, 0.4) is 0 Å². The highest BCUT2D eigenvalue weighted by Crippen LogP contribution is 2.29. The molecule has 1 aliphatic heterocycles. The summed E-state index contributed by atoms with van der Waals surface area (Å²) in [4.78, 5) is 22.8. The SMILES string of the molecule is O=C(c1ccc(Cl)c(Cl)c1)N1CCCC(c2nc3ccccc3[nH]2)C1. The molecule has 4 rings (SSSR count). The minimum atomic E-state index is -0.0145. The molecule has 6 heteroatoms. The molecule has 4 nitrogen and oxygen atoms in total. The topological polar surface area (TPSA) is 49.0 Å². The molecule has 2 heterocycles. The number of nitrogens with zero attached hydrogens (tertiary/aromatic N) is 2. The number of H-pyrrole nitrogens is 1. The van der Waals surface area contributed by atoms with Crippen molar-refractivity contribution in [3.8, 4) is 0 Å². The number of aromatic nitrogens is 2. The van der Waals surface area contributed by atoms with Crippen molar-refractivity contribution in [2.24, 2.45) is 0 Å². The number of imidazole rings is 1. The van der Waals surface area contributed by atoms with E-state index in [9.17, 15) is 4.79 Å². The number of hydrogen-bond acceptors (Lipinski definition) is 2. The molecule has 1 amide bonds. The number of halogens is 2. The largest absolute Gasteiger partial charge is 0.342 e. The van der Waals surface area contributed by atoms with Crippen LogP contribution >= 0.6 is 23.2 Å². The van der Waals surface area contributed by atoms with Crippen molar-refractivity contribution in [2.45, 2.75) is 18.8 Å². The van der Waals surface area contributed by atoms with Gasteiger partial charge in [-0.3, -0.25) is 4.79 Å². The number of likely N-dealkylation sites (tertiary alicyclic amines) is 1. The zero-order valence-corrected chi connectivity index (χ0v) is 15.0. The van der Waals surface area contributed by atoms with Crippen LogP contribution in [-0.4, -0.2) is 33.9 Å². The Morgan fingerprint density at radius 2 is 2.00 bits per heavy atom. The number of para-hydroxylation sites is 2. The van der Waals surface area contributed by atoms with E-state index in [2.05, 4.69) is 4.98 Å². The fraction of sp³-hybridized carbons (Fsp3) is 0.263. The van der Waals surface area contributed by atoms with Gasteiger partial charge in [-0.25, -0.2) is 4.98 Å². The van der Waals surface area contributed by atoms with Gasteiger partial charge in [0.05, 0.1) is 21.1 Å². The number of benzene rings is 2. The summed E-state index contributed by atoms with van der Waals surface area (Å²) in [5.74, 6) is 1.15. The van der Waals surface area contributed by atoms with Gasteiger partial charge in [-0.05, 0) is 43.2 Å². The average molecular weight is 374 g/mol. The molecule has 1 unspecified atom stereocenters. The van der Waals surface area contributed by atoms with E-state index in [0.29, 0.717) is 22.2 Å². The molecular formula is C19H17Cl2N3O. The van der Waals surface area contributed by atoms with E-state index in [0.717, 1.165) is 36.2 Å². The third-order valence-electron chi connectivity index (χ3n) is 4.67. The van der Waals surface area contributed by atoms with Gasteiger partial charge in [0, 0.05) is 24.6 Å². The molecule has 0 bridgehead atoms. The quantitative estimate of drug-likeness (QED) is 0.694. The first-order valence-electron chi connectivity index (χ1n) is 8.31. The van der Waals surface area contributed by atoms with E-state index < -0.39 is 0 Å². The summed E-state index contributed by atoms with van der Waals surface area (Å²) in [6, 6.07) is 13.0. The van der Waals surface area contributed by atoms with Crippen LogP contribution in [0.15, 0.2) is 42.5 Å². The lowest BCUT2D eigenvalue weighted by Crippen LogP contribution is -2.39. The maximum absolute atomic E-state index is 12.8. The number of amides is 1. The molecule has 1 atom stereocenters. The van der Waals surface area contributed by atoms with Crippen LogP contribution in [0.4, 0.5) is 0 Å². The monoisotopic (exact) mass is 373 g/mol. The van der Waals surface area contributed by atoms with Crippen LogP contribution in [0.1, 0.15) is 34.9 Å². The fourth-order valence-electron chi connectivity index (χ4n) is 3.36. The summed E-state index contributed by atoms with van der Waals surface area (Å²) in [5, 5.41) is 0.857. The zero-order chi connectivity index (χ0) is 17.4. The van der Waals surface area contributed by atoms with E-state index in [1.54, 1.807) is 18.2 Å². The molecule has 25 heavy (non-hydrogen) atoms. The summed E-state index contributed by atoms with van der Waals surface area (Å²) in [6.07, 6.45) is 1.97. The smallest absolute Gasteiger partial charge is 0.253 e. The van der Waals surface area contributed by atoms with Crippen molar-refractivity contribution in [1.82, 2.24) is 14.9 Å². The Bertz CT molecular complexity index is 904. The van der Waals surface area contributed by atoms with Gasteiger partial charge in [-0.15, -0.1) is 0 Å². The fourth-order valence-corrected chi connectivity index (χ4v) is 3.66. The summed E-state index contributed by atoms with van der Waals surface area (Å²) in [6.45, 7) is 1.40. The van der Waals surface area contributed by atoms with Crippen molar-refractivity contribution in [3.63, 3.8) is 0 Å². The second-order valence-corrected chi connectivity index (χ2v) is 7.17. The van der Waals surface area contributed by atoms with Crippen LogP contribution < -0.4 is 0 Å². The molecule has 1 fully saturated rings. The molecule has 1 aliphatic rings. The van der Waals surface area contributed by atoms with Gasteiger partial charge in [0.2, 0.25) is 0 Å². The molecule has 2 aromatic carbocycles. The predicted molar refractivity (Wildman–Crippen MR) is 100 cm³/mol. The summed E-state index contributed by atoms with van der Waals surface area (Å²) < 4.78 is 0. The first kappa shape index (κ1) is 16.4. The van der Waals surface area contributed by atoms with Crippen LogP contribution in [-0.2, 0) is 0 Å². The highest BCUT2D eigenvalue weighted by Gasteiger charge is 2.27. The van der Waals surface area contributed by atoms with E-state index >= 15 is 0 Å². The standard InChI is InChI=1S/C19H17Cl2N3O/c20-14-8-7-12(10-15(14)21)19(25)24-9-3-4-13(11-24)18-22-16-5-1-2-6-17(16)23-18/h1-2,5-8,10,13H,3-4,9,11H2,(H,22,23). The number of fused-ring (bicyclic) bond motifs is 1. The maximum atomic E-state index is 12.8. The van der Waals surface area contributed by atoms with Gasteiger partial charge >= 0.3 is 0 Å². The summed E-state index contributed by atoms with van der Waals surface area (Å²) >= 11 is 12.0. The Labute approximate surface area is 155 Å². The van der Waals surface area contributed by atoms with Gasteiger partial charge in [0.25, 0.3) is 5.91 Å². The molecule has 128 valence electrons. The van der Waals surface area contributed by atoms with Crippen LogP contribution in [0.25, 0.3) is 11.0 Å². The van der Waals surface area contributed by atoms with E-state index in [-0.39, 0.29) is 11.8 Å². The van der Waals surface area contributed by atoms with Crippen LogP contribution in [0.5, 0.6) is 0 Å². The Hall–Kier alpha value is -2.04. The van der Waals surface area contributed by atoms with E-state index in [4.69, 9.17) is 28.2 Å². The van der Waals surface area contributed by atoms with Crippen LogP contribution in [0, 0.1) is 0 Å². The third kappa shape index (κ3) is 3.24. The average Bonchev–Trinajstić information content (AvgIpc) is 3.08. The molecule has 0 spiro atoms. The lowest BCUT2D eigenvalue weighted by atomic mass is 9.96. The van der Waals surface area contributed by atoms with Gasteiger partial charge in [0.1, 0.15) is 5.82 Å². The normalized spacial score (nSPS) is 17.8. The number of piperidine rings is 1. The molecular weight excluding hydrogens is 357 g/mol. The number of carbonyl (C=O) groups is 1. The van der Waals surface area contributed by atoms with Crippen molar-refractivity contribution in [3.05, 3.63) is 63.9 Å². The number of carbonyl (C=O) groups excluding carboxylic acids is 1. The predicted octanol–water partition coefficient (Wildman–Crippen LogP) is 4.89. The van der Waals surface area contributed by atoms with Gasteiger partial charge < -0.3 is 9.88 Å². The van der Waals surface area contributed by atoms with Gasteiger partial charge in [0.15, 0.2) is 0 Å². The Kier molecular flexibility index (Phi) is 4.40. The maximum Gasteiger partial charge on any atom is 0.253 e. The summed E-state index contributed by atoms with van der Waals surface area (Å²) in [5.41, 5.74) is 2.57. The van der Waals surface area contributed by atoms with Crippen molar-refractivity contribution < 1.29 is 4.79 Å². The molecule has 0 saturated carbocycles. The number of hydrogen-bond donors (Lipinski definition) is 1. The molecule has 1 N–H and O–H groups in total. The number of nitrogens with one attached hydrogen (secondary N) is 1. The Morgan fingerprint density at radius 1 is 1.16 bits per heavy atom. The highest BCUT2D eigenvalue weighted by atomic mass is 35.5. The Morgan fingerprint density at radius 3 is 2.80 bits per heavy atom. The van der Waals surface area contributed by atoms with Crippen LogP contribution in [0.2, 0.25) is 10.0 Å². The minimum absolute atomic E-state index is 0.0145. The molecule has 0 aliphatic carbocycles. The van der Waals surface area contributed by atoms with Crippen molar-refractivity contribution in [1.29, 1.82) is 0 Å². The number of aromatic amines is 1. The Balaban J connectivity index is 1.55. The first-order chi connectivity index (χ1) is 12.1. The zero-order valence-electron chi connectivity index (χ0n) is 13.5. The summed E-state index contributed by atoms with van der Waals surface area (Å²) in [7, 11) is 0. The second kappa shape index (κ2) is 6.70. The van der Waals surface area contributed by atoms with E-state index in [1.165, 1.54) is 0 Å². The molecule has 0 radical (unpaired) electrons. The first-order valence-corrected chi connectivity index (χ1v) is 9.06. The van der Waals surface area contributed by atoms with E-state index in [1.807, 2.05) is 29.2 Å². The molecule has 3 aromatic rings. The lowest BCUT2D eigenvalue weighted by molar-refractivity contribution is 0.0705. The lowest BCUT2D eigenvalue weighted by Gasteiger charge is -2.32. The van der Waals surface area contributed by atoms with Crippen molar-refractivity contribution in [2.75, 3.05) is 13.1 Å². The number of rotatable bonds is 2. The second-order valence-electron chi connectivity index (χ2n) is 6.36. The third-order valence-corrected chi connectivity index (χ3v) is 5.41. The van der Waals surface area contributed by atoms with Gasteiger partial charge in [-0.1, -0.05) is 35.3 Å². The van der Waals surface area contributed by atoms with Gasteiger partial charge in [-0.2, -0.15) is 0 Å². The van der Waals surface area contributed by atoms with Crippen molar-refractivity contribution >= 4 is 40.1 Å². The minimum Gasteiger partial charge on any atom is -0.342 e. The molecule has 1 saturated heterocycles. The molecule has 1 aromatic heterocycles.